The van der Waals surface area contributed by atoms with Crippen molar-refractivity contribution in [1.29, 1.82) is 0 Å². The number of thiophene rings is 1. The summed E-state index contributed by atoms with van der Waals surface area (Å²) < 4.78 is 1.26. The molecule has 0 aromatic carbocycles. The normalized spacial score (nSPS) is 11.9. The molecular formula is C12H16N2S. The SMILES string of the molecule is CC(C)c1csc2c(C(C)C)ncnc12. The number of fused-ring (bicyclic) bond motifs is 1. The fraction of sp³-hybridized carbons (Fsp3) is 0.500. The van der Waals surface area contributed by atoms with Crippen LogP contribution in [0.5, 0.6) is 0 Å². The summed E-state index contributed by atoms with van der Waals surface area (Å²) in [7, 11) is 0. The molecule has 2 nitrogen and oxygen atoms in total. The van der Waals surface area contributed by atoms with Crippen molar-refractivity contribution in [2.24, 2.45) is 0 Å². The minimum absolute atomic E-state index is 0.467. The Morgan fingerprint density at radius 3 is 2.40 bits per heavy atom. The zero-order chi connectivity index (χ0) is 11.0. The van der Waals surface area contributed by atoms with E-state index in [1.807, 2.05) is 0 Å². The van der Waals surface area contributed by atoms with Crippen LogP contribution in [-0.2, 0) is 0 Å². The van der Waals surface area contributed by atoms with E-state index in [-0.39, 0.29) is 0 Å². The molecule has 0 fully saturated rings. The van der Waals surface area contributed by atoms with Gasteiger partial charge in [0.15, 0.2) is 0 Å². The summed E-state index contributed by atoms with van der Waals surface area (Å²) in [6.07, 6.45) is 1.69. The quantitative estimate of drug-likeness (QED) is 0.766. The van der Waals surface area contributed by atoms with Gasteiger partial charge in [0, 0.05) is 0 Å². The number of hydrogen-bond acceptors (Lipinski definition) is 3. The minimum Gasteiger partial charge on any atom is -0.240 e. The number of aromatic nitrogens is 2. The van der Waals surface area contributed by atoms with E-state index in [9.17, 15) is 0 Å². The maximum atomic E-state index is 4.40. The van der Waals surface area contributed by atoms with Crippen LogP contribution in [0.1, 0.15) is 50.8 Å². The molecule has 2 aromatic heterocycles. The van der Waals surface area contributed by atoms with E-state index in [0.717, 1.165) is 5.52 Å². The van der Waals surface area contributed by atoms with Crippen molar-refractivity contribution in [2.75, 3.05) is 0 Å². The highest BCUT2D eigenvalue weighted by atomic mass is 32.1. The second-order valence-corrected chi connectivity index (χ2v) is 5.32. The molecule has 2 heterocycles. The highest BCUT2D eigenvalue weighted by Crippen LogP contribution is 2.33. The standard InChI is InChI=1S/C12H16N2S/c1-7(2)9-5-15-12-10(8(3)4)13-6-14-11(9)12/h5-8H,1-4H3. The summed E-state index contributed by atoms with van der Waals surface area (Å²) in [6.45, 7) is 8.77. The Balaban J connectivity index is 2.69. The van der Waals surface area contributed by atoms with Gasteiger partial charge in [0.25, 0.3) is 0 Å². The summed E-state index contributed by atoms with van der Waals surface area (Å²) in [5.41, 5.74) is 3.67. The second-order valence-electron chi connectivity index (χ2n) is 4.44. The summed E-state index contributed by atoms with van der Waals surface area (Å²) in [6, 6.07) is 0. The molecule has 0 bridgehead atoms. The summed E-state index contributed by atoms with van der Waals surface area (Å²) in [5, 5.41) is 2.22. The monoisotopic (exact) mass is 220 g/mol. The molecule has 0 N–H and O–H groups in total. The number of hydrogen-bond donors (Lipinski definition) is 0. The molecule has 0 aliphatic carbocycles. The maximum Gasteiger partial charge on any atom is 0.116 e. The molecule has 0 amide bonds. The first-order chi connectivity index (χ1) is 7.11. The van der Waals surface area contributed by atoms with Crippen molar-refractivity contribution in [3.05, 3.63) is 23.0 Å². The second kappa shape index (κ2) is 3.89. The first kappa shape index (κ1) is 10.6. The summed E-state index contributed by atoms with van der Waals surface area (Å²) in [4.78, 5) is 8.78. The van der Waals surface area contributed by atoms with Crippen LogP contribution in [0.25, 0.3) is 10.2 Å². The molecule has 0 spiro atoms. The molecule has 0 aliphatic heterocycles. The van der Waals surface area contributed by atoms with E-state index in [1.54, 1.807) is 17.7 Å². The Hall–Kier alpha value is -0.960. The zero-order valence-electron chi connectivity index (χ0n) is 9.61. The Morgan fingerprint density at radius 1 is 1.07 bits per heavy atom. The van der Waals surface area contributed by atoms with E-state index in [2.05, 4.69) is 43.0 Å². The van der Waals surface area contributed by atoms with E-state index in [0.29, 0.717) is 11.8 Å². The lowest BCUT2D eigenvalue weighted by atomic mass is 10.0. The molecule has 2 aromatic rings. The molecule has 0 saturated carbocycles. The summed E-state index contributed by atoms with van der Waals surface area (Å²) in [5.74, 6) is 1.00. The molecular weight excluding hydrogens is 204 g/mol. The van der Waals surface area contributed by atoms with Crippen LogP contribution in [0, 0.1) is 0 Å². The third-order valence-electron chi connectivity index (χ3n) is 2.58. The van der Waals surface area contributed by atoms with Gasteiger partial charge in [-0.3, -0.25) is 0 Å². The van der Waals surface area contributed by atoms with E-state index in [1.165, 1.54) is 16.0 Å². The van der Waals surface area contributed by atoms with Gasteiger partial charge in [-0.2, -0.15) is 0 Å². The van der Waals surface area contributed by atoms with Crippen molar-refractivity contribution in [3.8, 4) is 0 Å². The largest absolute Gasteiger partial charge is 0.240 e. The Labute approximate surface area is 94.4 Å². The smallest absolute Gasteiger partial charge is 0.116 e. The summed E-state index contributed by atoms with van der Waals surface area (Å²) >= 11 is 1.77. The fourth-order valence-electron chi connectivity index (χ4n) is 1.71. The third kappa shape index (κ3) is 1.76. The van der Waals surface area contributed by atoms with Crippen molar-refractivity contribution in [3.63, 3.8) is 0 Å². The molecule has 3 heteroatoms. The molecule has 15 heavy (non-hydrogen) atoms. The molecule has 2 rings (SSSR count). The Bertz CT molecular complexity index is 471. The zero-order valence-corrected chi connectivity index (χ0v) is 10.4. The maximum absolute atomic E-state index is 4.40. The van der Waals surface area contributed by atoms with Crippen LogP contribution >= 0.6 is 11.3 Å². The van der Waals surface area contributed by atoms with Crippen molar-refractivity contribution >= 4 is 21.6 Å². The topological polar surface area (TPSA) is 25.8 Å². The van der Waals surface area contributed by atoms with E-state index >= 15 is 0 Å². The molecule has 0 atom stereocenters. The van der Waals surface area contributed by atoms with Crippen LogP contribution in [-0.4, -0.2) is 9.97 Å². The lowest BCUT2D eigenvalue weighted by molar-refractivity contribution is 0.828. The average Bonchev–Trinajstić information content (AvgIpc) is 2.59. The lowest BCUT2D eigenvalue weighted by Crippen LogP contribution is -1.94. The Kier molecular flexibility index (Phi) is 2.74. The minimum atomic E-state index is 0.467. The van der Waals surface area contributed by atoms with Gasteiger partial charge in [0.1, 0.15) is 6.33 Å². The van der Waals surface area contributed by atoms with Crippen LogP contribution < -0.4 is 0 Å². The Morgan fingerprint density at radius 2 is 1.80 bits per heavy atom. The van der Waals surface area contributed by atoms with Gasteiger partial charge in [-0.05, 0) is 22.8 Å². The van der Waals surface area contributed by atoms with Crippen molar-refractivity contribution in [1.82, 2.24) is 9.97 Å². The predicted octanol–water partition coefficient (Wildman–Crippen LogP) is 3.94. The van der Waals surface area contributed by atoms with Gasteiger partial charge in [-0.1, -0.05) is 27.7 Å². The van der Waals surface area contributed by atoms with Gasteiger partial charge in [0.2, 0.25) is 0 Å². The molecule has 0 aliphatic rings. The van der Waals surface area contributed by atoms with Gasteiger partial charge in [-0.15, -0.1) is 11.3 Å². The van der Waals surface area contributed by atoms with E-state index in [4.69, 9.17) is 0 Å². The molecule has 0 unspecified atom stereocenters. The fourth-order valence-corrected chi connectivity index (χ4v) is 3.03. The molecule has 0 saturated heterocycles. The van der Waals surface area contributed by atoms with Crippen molar-refractivity contribution < 1.29 is 0 Å². The highest BCUT2D eigenvalue weighted by molar-refractivity contribution is 7.17. The van der Waals surface area contributed by atoms with Crippen LogP contribution in [0.15, 0.2) is 11.7 Å². The van der Waals surface area contributed by atoms with Crippen molar-refractivity contribution in [2.45, 2.75) is 39.5 Å². The van der Waals surface area contributed by atoms with Gasteiger partial charge in [0.05, 0.1) is 15.9 Å². The van der Waals surface area contributed by atoms with E-state index < -0.39 is 0 Å². The van der Waals surface area contributed by atoms with Gasteiger partial charge >= 0.3 is 0 Å². The van der Waals surface area contributed by atoms with Crippen LogP contribution in [0.3, 0.4) is 0 Å². The van der Waals surface area contributed by atoms with Crippen LogP contribution in [0.2, 0.25) is 0 Å². The highest BCUT2D eigenvalue weighted by Gasteiger charge is 2.14. The predicted molar refractivity (Wildman–Crippen MR) is 65.6 cm³/mol. The first-order valence-corrected chi connectivity index (χ1v) is 6.21. The number of nitrogens with zero attached hydrogens (tertiary/aromatic N) is 2. The molecule has 80 valence electrons. The van der Waals surface area contributed by atoms with Gasteiger partial charge in [-0.25, -0.2) is 9.97 Å². The lowest BCUT2D eigenvalue weighted by Gasteiger charge is -2.06. The number of rotatable bonds is 2. The van der Waals surface area contributed by atoms with Gasteiger partial charge < -0.3 is 0 Å². The van der Waals surface area contributed by atoms with Crippen LogP contribution in [0.4, 0.5) is 0 Å². The molecule has 0 radical (unpaired) electrons. The average molecular weight is 220 g/mol. The first-order valence-electron chi connectivity index (χ1n) is 5.33. The third-order valence-corrected chi connectivity index (χ3v) is 3.59.